The van der Waals surface area contributed by atoms with Gasteiger partial charge in [0.2, 0.25) is 0 Å². The molecule has 0 N–H and O–H groups in total. The maximum absolute atomic E-state index is 12.3. The molecule has 2 aromatic rings. The monoisotopic (exact) mass is 273 g/mol. The van der Waals surface area contributed by atoms with Gasteiger partial charge < -0.3 is 4.57 Å². The van der Waals surface area contributed by atoms with E-state index in [0.717, 1.165) is 20.9 Å². The van der Waals surface area contributed by atoms with Crippen molar-refractivity contribution in [1.29, 1.82) is 0 Å². The zero-order valence-corrected chi connectivity index (χ0v) is 9.76. The summed E-state index contributed by atoms with van der Waals surface area (Å²) in [5.74, 6) is 0. The standard InChI is InChI=1S/C11H10BrF2N/c1-7-4-9(12)5-8-2-3-15(11(7)8)6-10(13)14/h2-5,10H,6H2,1H3. The molecule has 0 aliphatic carbocycles. The molecule has 0 amide bonds. The number of fused-ring (bicyclic) bond motifs is 1. The first kappa shape index (κ1) is 10.6. The lowest BCUT2D eigenvalue weighted by Gasteiger charge is -2.07. The molecule has 0 bridgehead atoms. The van der Waals surface area contributed by atoms with E-state index < -0.39 is 6.43 Å². The van der Waals surface area contributed by atoms with Gasteiger partial charge in [-0.3, -0.25) is 0 Å². The van der Waals surface area contributed by atoms with Crippen LogP contribution in [-0.4, -0.2) is 11.0 Å². The van der Waals surface area contributed by atoms with Crippen LogP contribution in [-0.2, 0) is 6.54 Å². The summed E-state index contributed by atoms with van der Waals surface area (Å²) in [7, 11) is 0. The second-order valence-electron chi connectivity index (χ2n) is 3.52. The molecule has 2 rings (SSSR count). The van der Waals surface area contributed by atoms with E-state index >= 15 is 0 Å². The van der Waals surface area contributed by atoms with Gasteiger partial charge in [-0.15, -0.1) is 0 Å². The molecule has 1 aromatic carbocycles. The fraction of sp³-hybridized carbons (Fsp3) is 0.273. The lowest BCUT2D eigenvalue weighted by atomic mass is 10.2. The SMILES string of the molecule is Cc1cc(Br)cc2ccn(CC(F)F)c12. The van der Waals surface area contributed by atoms with Crippen LogP contribution in [0.2, 0.25) is 0 Å². The Morgan fingerprint density at radius 2 is 2.13 bits per heavy atom. The highest BCUT2D eigenvalue weighted by atomic mass is 79.9. The summed E-state index contributed by atoms with van der Waals surface area (Å²) in [6, 6.07) is 5.73. The molecule has 0 aliphatic heterocycles. The van der Waals surface area contributed by atoms with Gasteiger partial charge in [0.25, 0.3) is 6.43 Å². The summed E-state index contributed by atoms with van der Waals surface area (Å²) >= 11 is 3.39. The smallest absolute Gasteiger partial charge is 0.256 e. The molecule has 15 heavy (non-hydrogen) atoms. The van der Waals surface area contributed by atoms with E-state index in [-0.39, 0.29) is 6.54 Å². The van der Waals surface area contributed by atoms with E-state index in [2.05, 4.69) is 15.9 Å². The number of benzene rings is 1. The molecule has 0 saturated heterocycles. The quantitative estimate of drug-likeness (QED) is 0.780. The van der Waals surface area contributed by atoms with Crippen LogP contribution in [0.1, 0.15) is 5.56 Å². The molecule has 80 valence electrons. The van der Waals surface area contributed by atoms with Gasteiger partial charge in [-0.25, -0.2) is 8.78 Å². The van der Waals surface area contributed by atoms with Crippen molar-refractivity contribution in [2.45, 2.75) is 19.9 Å². The van der Waals surface area contributed by atoms with Crippen molar-refractivity contribution >= 4 is 26.8 Å². The van der Waals surface area contributed by atoms with E-state index in [1.54, 1.807) is 10.8 Å². The number of alkyl halides is 2. The number of hydrogen-bond acceptors (Lipinski definition) is 0. The molecule has 4 heteroatoms. The topological polar surface area (TPSA) is 4.93 Å². The van der Waals surface area contributed by atoms with Crippen molar-refractivity contribution in [2.75, 3.05) is 0 Å². The minimum atomic E-state index is -2.32. The Kier molecular flexibility index (Phi) is 2.78. The summed E-state index contributed by atoms with van der Waals surface area (Å²) in [5, 5.41) is 0.988. The minimum Gasteiger partial charge on any atom is -0.342 e. The Morgan fingerprint density at radius 3 is 2.80 bits per heavy atom. The zero-order chi connectivity index (χ0) is 11.0. The normalized spacial score (nSPS) is 11.5. The van der Waals surface area contributed by atoms with Gasteiger partial charge in [0.15, 0.2) is 0 Å². The van der Waals surface area contributed by atoms with Crippen molar-refractivity contribution in [3.8, 4) is 0 Å². The van der Waals surface area contributed by atoms with Crippen molar-refractivity contribution in [3.05, 3.63) is 34.4 Å². The third kappa shape index (κ3) is 2.04. The van der Waals surface area contributed by atoms with Crippen molar-refractivity contribution < 1.29 is 8.78 Å². The fourth-order valence-corrected chi connectivity index (χ4v) is 2.42. The summed E-state index contributed by atoms with van der Waals surface area (Å²) < 4.78 is 27.2. The second-order valence-corrected chi connectivity index (χ2v) is 4.44. The van der Waals surface area contributed by atoms with Gasteiger partial charge >= 0.3 is 0 Å². The van der Waals surface area contributed by atoms with Crippen LogP contribution in [0.15, 0.2) is 28.9 Å². The van der Waals surface area contributed by atoms with Gasteiger partial charge in [-0.1, -0.05) is 15.9 Å². The first-order valence-electron chi connectivity index (χ1n) is 4.61. The summed E-state index contributed by atoms with van der Waals surface area (Å²) in [6.07, 6.45) is -0.611. The number of nitrogens with zero attached hydrogens (tertiary/aromatic N) is 1. The first-order chi connectivity index (χ1) is 7.08. The molecular weight excluding hydrogens is 264 g/mol. The average molecular weight is 274 g/mol. The Bertz CT molecular complexity index is 491. The second kappa shape index (κ2) is 3.93. The van der Waals surface area contributed by atoms with E-state index in [1.165, 1.54) is 0 Å². The third-order valence-corrected chi connectivity index (χ3v) is 2.81. The van der Waals surface area contributed by atoms with E-state index in [4.69, 9.17) is 0 Å². The highest BCUT2D eigenvalue weighted by molar-refractivity contribution is 9.10. The van der Waals surface area contributed by atoms with Crippen LogP contribution in [0.4, 0.5) is 8.78 Å². The molecule has 0 radical (unpaired) electrons. The number of rotatable bonds is 2. The summed E-state index contributed by atoms with van der Waals surface area (Å²) in [5.41, 5.74) is 1.89. The van der Waals surface area contributed by atoms with Crippen molar-refractivity contribution in [1.82, 2.24) is 4.57 Å². The first-order valence-corrected chi connectivity index (χ1v) is 5.40. The maximum Gasteiger partial charge on any atom is 0.256 e. The van der Waals surface area contributed by atoms with Crippen LogP contribution in [0, 0.1) is 6.92 Å². The Labute approximate surface area is 94.8 Å². The Morgan fingerprint density at radius 1 is 1.40 bits per heavy atom. The largest absolute Gasteiger partial charge is 0.342 e. The van der Waals surface area contributed by atoms with Crippen molar-refractivity contribution in [3.63, 3.8) is 0 Å². The third-order valence-electron chi connectivity index (χ3n) is 2.35. The van der Waals surface area contributed by atoms with Gasteiger partial charge in [-0.2, -0.15) is 0 Å². The van der Waals surface area contributed by atoms with Gasteiger partial charge in [0.1, 0.15) is 0 Å². The average Bonchev–Trinajstić information content (AvgIpc) is 2.46. The number of aromatic nitrogens is 1. The predicted octanol–water partition coefficient (Wildman–Crippen LogP) is 3.98. The Hall–Kier alpha value is -0.900. The van der Waals surface area contributed by atoms with Crippen LogP contribution in [0.25, 0.3) is 10.9 Å². The molecule has 0 aliphatic rings. The zero-order valence-electron chi connectivity index (χ0n) is 8.17. The molecule has 0 unspecified atom stereocenters. The Balaban J connectivity index is 2.58. The number of aryl methyl sites for hydroxylation is 1. The van der Waals surface area contributed by atoms with Gasteiger partial charge in [0, 0.05) is 16.1 Å². The number of hydrogen-bond donors (Lipinski definition) is 0. The van der Waals surface area contributed by atoms with E-state index in [1.807, 2.05) is 25.1 Å². The fourth-order valence-electron chi connectivity index (χ4n) is 1.83. The predicted molar refractivity (Wildman–Crippen MR) is 60.4 cm³/mol. The molecular formula is C11H10BrF2N. The highest BCUT2D eigenvalue weighted by Crippen LogP contribution is 2.25. The van der Waals surface area contributed by atoms with Crippen LogP contribution in [0.3, 0.4) is 0 Å². The van der Waals surface area contributed by atoms with Crippen LogP contribution < -0.4 is 0 Å². The highest BCUT2D eigenvalue weighted by Gasteiger charge is 2.09. The molecule has 1 heterocycles. The summed E-state index contributed by atoms with van der Waals surface area (Å²) in [4.78, 5) is 0. The molecule has 0 spiro atoms. The molecule has 0 saturated carbocycles. The lowest BCUT2D eigenvalue weighted by Crippen LogP contribution is -2.05. The van der Waals surface area contributed by atoms with Gasteiger partial charge in [-0.05, 0) is 30.7 Å². The molecule has 0 atom stereocenters. The molecule has 0 fully saturated rings. The minimum absolute atomic E-state index is 0.244. The maximum atomic E-state index is 12.3. The van der Waals surface area contributed by atoms with Gasteiger partial charge in [0.05, 0.1) is 12.1 Å². The van der Waals surface area contributed by atoms with Crippen molar-refractivity contribution in [2.24, 2.45) is 0 Å². The summed E-state index contributed by atoms with van der Waals surface area (Å²) in [6.45, 7) is 1.68. The van der Waals surface area contributed by atoms with Crippen LogP contribution in [0.5, 0.6) is 0 Å². The molecule has 1 nitrogen and oxygen atoms in total. The van der Waals surface area contributed by atoms with E-state index in [9.17, 15) is 8.78 Å². The molecule has 1 aromatic heterocycles. The lowest BCUT2D eigenvalue weighted by molar-refractivity contribution is 0.128. The van der Waals surface area contributed by atoms with Crippen LogP contribution >= 0.6 is 15.9 Å². The van der Waals surface area contributed by atoms with E-state index in [0.29, 0.717) is 0 Å². The number of halogens is 3.